The van der Waals surface area contributed by atoms with Crippen molar-refractivity contribution in [1.29, 1.82) is 10.5 Å². The third kappa shape index (κ3) is 5.87. The molecule has 0 heterocycles. The van der Waals surface area contributed by atoms with Crippen LogP contribution in [0.5, 0.6) is 0 Å². The van der Waals surface area contributed by atoms with Crippen LogP contribution in [-0.2, 0) is 0 Å². The van der Waals surface area contributed by atoms with Gasteiger partial charge >= 0.3 is 0 Å². The molecular formula is C46H30N2P2. The number of rotatable bonds is 7. The van der Waals surface area contributed by atoms with E-state index in [9.17, 15) is 10.5 Å². The number of nitrogens with zero attached hydrogens (tertiary/aromatic N) is 2. The summed E-state index contributed by atoms with van der Waals surface area (Å²) >= 11 is 0. The first kappa shape index (κ1) is 31.4. The Bertz CT molecular complexity index is 2290. The Kier molecular flexibility index (Phi) is 8.74. The summed E-state index contributed by atoms with van der Waals surface area (Å²) in [4.78, 5) is 0. The Hall–Kier alpha value is -5.88. The second-order valence-electron chi connectivity index (χ2n) is 12.0. The molecule has 0 aliphatic carbocycles. The average Bonchev–Trinajstić information content (AvgIpc) is 3.19. The molecule has 234 valence electrons. The predicted octanol–water partition coefficient (Wildman–Crippen LogP) is 8.92. The lowest BCUT2D eigenvalue weighted by Gasteiger charge is -2.28. The lowest BCUT2D eigenvalue weighted by atomic mass is 9.92. The summed E-state index contributed by atoms with van der Waals surface area (Å²) < 4.78 is 0. The van der Waals surface area contributed by atoms with E-state index < -0.39 is 15.8 Å². The molecule has 0 aliphatic heterocycles. The maximum Gasteiger partial charge on any atom is 0.0991 e. The van der Waals surface area contributed by atoms with Crippen LogP contribution in [0.25, 0.3) is 32.7 Å². The molecule has 0 amide bonds. The Labute approximate surface area is 295 Å². The van der Waals surface area contributed by atoms with Gasteiger partial charge in [0.25, 0.3) is 0 Å². The molecule has 2 nitrogen and oxygen atoms in total. The minimum absolute atomic E-state index is 0.636. The molecule has 50 heavy (non-hydrogen) atoms. The van der Waals surface area contributed by atoms with Crippen LogP contribution in [0.15, 0.2) is 182 Å². The molecule has 0 aromatic heterocycles. The fourth-order valence-corrected chi connectivity index (χ4v) is 11.8. The lowest BCUT2D eigenvalue weighted by molar-refractivity contribution is 1.49. The average molecular weight is 673 g/mol. The van der Waals surface area contributed by atoms with Gasteiger partial charge in [-0.15, -0.1) is 0 Å². The zero-order chi connectivity index (χ0) is 33.9. The van der Waals surface area contributed by atoms with Gasteiger partial charge in [0.2, 0.25) is 0 Å². The van der Waals surface area contributed by atoms with Crippen LogP contribution in [0.3, 0.4) is 0 Å². The summed E-state index contributed by atoms with van der Waals surface area (Å²) in [5.74, 6) is 0. The number of benzene rings is 8. The van der Waals surface area contributed by atoms with Crippen molar-refractivity contribution in [2.45, 2.75) is 0 Å². The Morgan fingerprint density at radius 3 is 0.960 bits per heavy atom. The van der Waals surface area contributed by atoms with Crippen molar-refractivity contribution in [3.8, 4) is 23.3 Å². The van der Waals surface area contributed by atoms with Gasteiger partial charge in [-0.1, -0.05) is 158 Å². The molecule has 0 saturated heterocycles. The summed E-state index contributed by atoms with van der Waals surface area (Å²) in [6.07, 6.45) is 0. The monoisotopic (exact) mass is 672 g/mol. The highest BCUT2D eigenvalue weighted by Gasteiger charge is 2.28. The van der Waals surface area contributed by atoms with E-state index in [0.717, 1.165) is 21.5 Å². The van der Waals surface area contributed by atoms with Gasteiger partial charge in [-0.05, 0) is 105 Å². The van der Waals surface area contributed by atoms with E-state index in [2.05, 4.69) is 170 Å². The van der Waals surface area contributed by atoms with Crippen LogP contribution in [0.2, 0.25) is 0 Å². The van der Waals surface area contributed by atoms with Gasteiger partial charge in [-0.2, -0.15) is 10.5 Å². The van der Waals surface area contributed by atoms with Crippen molar-refractivity contribution in [3.05, 3.63) is 193 Å². The maximum absolute atomic E-state index is 9.91. The molecule has 0 spiro atoms. The summed E-state index contributed by atoms with van der Waals surface area (Å²) in [6.45, 7) is 0. The Balaban J connectivity index is 1.56. The molecule has 8 aromatic rings. The highest BCUT2D eigenvalue weighted by atomic mass is 31.1. The molecule has 0 aliphatic rings. The molecular weight excluding hydrogens is 642 g/mol. The van der Waals surface area contributed by atoms with Gasteiger partial charge in [-0.25, -0.2) is 0 Å². The first-order valence-electron chi connectivity index (χ1n) is 16.5. The van der Waals surface area contributed by atoms with Crippen molar-refractivity contribution in [2.24, 2.45) is 0 Å². The standard InChI is InChI=1S/C46H30N2P2/c47-31-33-21-25-41-35(29-33)23-27-43(49(37-13-5-1-6-14-37)38-15-7-2-8-16-38)45(41)46-42-26-22-34(32-48)30-36(42)24-28-44(46)50(39-17-9-3-10-18-39)40-19-11-4-12-20-40/h1-30H. The molecule has 8 rings (SSSR count). The molecule has 0 bridgehead atoms. The molecule has 0 saturated carbocycles. The van der Waals surface area contributed by atoms with Gasteiger partial charge in [-0.3, -0.25) is 0 Å². The van der Waals surface area contributed by atoms with Crippen LogP contribution in [0, 0.1) is 22.7 Å². The topological polar surface area (TPSA) is 47.6 Å². The van der Waals surface area contributed by atoms with Gasteiger partial charge in [0, 0.05) is 0 Å². The lowest BCUT2D eigenvalue weighted by Crippen LogP contribution is -2.26. The molecule has 4 heteroatoms. The van der Waals surface area contributed by atoms with E-state index in [4.69, 9.17) is 0 Å². The van der Waals surface area contributed by atoms with Crippen molar-refractivity contribution in [2.75, 3.05) is 0 Å². The normalized spacial score (nSPS) is 11.1. The minimum Gasteiger partial charge on any atom is -0.192 e. The van der Waals surface area contributed by atoms with Gasteiger partial charge in [0.15, 0.2) is 0 Å². The SMILES string of the molecule is N#Cc1ccc2c(-c3c(P(c4ccccc4)c4ccccc4)ccc4cc(C#N)ccc34)c(P(c3ccccc3)c3ccccc3)ccc2c1. The predicted molar refractivity (Wildman–Crippen MR) is 214 cm³/mol. The third-order valence-electron chi connectivity index (χ3n) is 9.04. The van der Waals surface area contributed by atoms with Gasteiger partial charge < -0.3 is 0 Å². The number of hydrogen-bond acceptors (Lipinski definition) is 2. The maximum atomic E-state index is 9.91. The van der Waals surface area contributed by atoms with Gasteiger partial charge in [0.1, 0.15) is 0 Å². The fourth-order valence-electron chi connectivity index (χ4n) is 6.84. The summed E-state index contributed by atoms with van der Waals surface area (Å²) in [5, 5.41) is 31.7. The van der Waals surface area contributed by atoms with Crippen LogP contribution in [0.1, 0.15) is 11.1 Å². The van der Waals surface area contributed by atoms with E-state index in [1.807, 2.05) is 24.3 Å². The first-order valence-corrected chi connectivity index (χ1v) is 19.2. The highest BCUT2D eigenvalue weighted by molar-refractivity contribution is 7.80. The highest BCUT2D eigenvalue weighted by Crippen LogP contribution is 2.45. The number of nitriles is 2. The Morgan fingerprint density at radius 2 is 0.660 bits per heavy atom. The summed E-state index contributed by atoms with van der Waals surface area (Å²) in [5.41, 5.74) is 3.63. The quantitative estimate of drug-likeness (QED) is 0.159. The molecule has 0 radical (unpaired) electrons. The van der Waals surface area contributed by atoms with E-state index >= 15 is 0 Å². The molecule has 8 aromatic carbocycles. The summed E-state index contributed by atoms with van der Waals surface area (Å²) in [7, 11) is -1.98. The third-order valence-corrected chi connectivity index (χ3v) is 14.0. The van der Waals surface area contributed by atoms with Crippen molar-refractivity contribution >= 4 is 69.2 Å². The van der Waals surface area contributed by atoms with E-state index in [1.165, 1.54) is 43.0 Å². The van der Waals surface area contributed by atoms with Crippen molar-refractivity contribution in [1.82, 2.24) is 0 Å². The Morgan fingerprint density at radius 1 is 0.340 bits per heavy atom. The van der Waals surface area contributed by atoms with Crippen LogP contribution in [0.4, 0.5) is 0 Å². The largest absolute Gasteiger partial charge is 0.192 e. The van der Waals surface area contributed by atoms with Crippen LogP contribution < -0.4 is 31.8 Å². The van der Waals surface area contributed by atoms with E-state index in [-0.39, 0.29) is 0 Å². The van der Waals surface area contributed by atoms with Crippen LogP contribution >= 0.6 is 15.8 Å². The number of fused-ring (bicyclic) bond motifs is 2. The van der Waals surface area contributed by atoms with E-state index in [1.54, 1.807) is 0 Å². The van der Waals surface area contributed by atoms with Crippen LogP contribution in [-0.4, -0.2) is 0 Å². The smallest absolute Gasteiger partial charge is 0.0991 e. The van der Waals surface area contributed by atoms with Gasteiger partial charge in [0.05, 0.1) is 23.3 Å². The van der Waals surface area contributed by atoms with E-state index in [0.29, 0.717) is 11.1 Å². The zero-order valence-electron chi connectivity index (χ0n) is 27.1. The van der Waals surface area contributed by atoms with Crippen molar-refractivity contribution in [3.63, 3.8) is 0 Å². The summed E-state index contributed by atoms with van der Waals surface area (Å²) in [6, 6.07) is 69.2. The molecule has 0 N–H and O–H groups in total. The minimum atomic E-state index is -0.990. The number of hydrogen-bond donors (Lipinski definition) is 0. The molecule has 0 atom stereocenters. The second kappa shape index (κ2) is 13.9. The second-order valence-corrected chi connectivity index (χ2v) is 16.4. The zero-order valence-corrected chi connectivity index (χ0v) is 28.9. The molecule has 0 unspecified atom stereocenters. The first-order chi connectivity index (χ1) is 24.7. The fraction of sp³-hybridized carbons (Fsp3) is 0. The van der Waals surface area contributed by atoms with Crippen molar-refractivity contribution < 1.29 is 0 Å². The molecule has 0 fully saturated rings.